The smallest absolute Gasteiger partial charge is 0.318 e. The van der Waals surface area contributed by atoms with Crippen molar-refractivity contribution in [3.05, 3.63) is 0 Å². The van der Waals surface area contributed by atoms with Crippen molar-refractivity contribution in [3.63, 3.8) is 0 Å². The second-order valence-corrected chi connectivity index (χ2v) is 1.82. The van der Waals surface area contributed by atoms with Gasteiger partial charge in [-0.2, -0.15) is 0 Å². The van der Waals surface area contributed by atoms with E-state index in [4.69, 9.17) is 0 Å². The summed E-state index contributed by atoms with van der Waals surface area (Å²) in [7, 11) is 1.51. The van der Waals surface area contributed by atoms with E-state index in [1.165, 1.54) is 7.05 Å². The number of carbonyl (C=O) groups is 2. The number of hydrogen-bond donors (Lipinski definition) is 2. The molecule has 0 spiro atoms. The first-order chi connectivity index (χ1) is 4.70. The molecule has 0 unspecified atom stereocenters. The predicted octanol–water partition coefficient (Wildman–Crippen LogP) is -0.0994. The van der Waals surface area contributed by atoms with Crippen molar-refractivity contribution in [2.75, 3.05) is 7.05 Å². The third-order valence-electron chi connectivity index (χ3n) is 0.937. The monoisotopic (exact) mass is 163 g/mol. The van der Waals surface area contributed by atoms with Crippen LogP contribution in [0.25, 0.3) is 0 Å². The van der Waals surface area contributed by atoms with Crippen LogP contribution in [0.3, 0.4) is 0 Å². The number of carbonyl (C=O) groups excluding carboxylic acids is 2. The summed E-state index contributed by atoms with van der Waals surface area (Å²) in [6.07, 6.45) is 0.221. The van der Waals surface area contributed by atoms with Crippen LogP contribution in [0.4, 0.5) is 0 Å². The Morgan fingerprint density at radius 1 is 1.50 bits per heavy atom. The fourth-order valence-corrected chi connectivity index (χ4v) is 0.478. The molecule has 0 heterocycles. The first-order valence-corrected chi connectivity index (χ1v) is 3.12. The van der Waals surface area contributed by atoms with Crippen LogP contribution in [0.15, 0.2) is 0 Å². The van der Waals surface area contributed by atoms with E-state index >= 15 is 0 Å². The van der Waals surface area contributed by atoms with Crippen LogP contribution < -0.4 is 5.32 Å². The highest BCUT2D eigenvalue weighted by Crippen LogP contribution is 1.93. The molecule has 0 aliphatic carbocycles. The molecule has 0 atom stereocenters. The molecule has 0 fully saturated rings. The van der Waals surface area contributed by atoms with Gasteiger partial charge in [0.05, 0.1) is 6.42 Å². The van der Waals surface area contributed by atoms with Gasteiger partial charge in [-0.3, -0.25) is 9.59 Å². The molecular formula is C5H9NO3S. The molecular weight excluding hydrogens is 154 g/mol. The Kier molecular flexibility index (Phi) is 4.74. The lowest BCUT2D eigenvalue weighted by Gasteiger charge is -1.96. The molecule has 0 aromatic rings. The van der Waals surface area contributed by atoms with Crippen molar-refractivity contribution in [1.29, 1.82) is 0 Å². The topological polar surface area (TPSA) is 55.4 Å². The summed E-state index contributed by atoms with van der Waals surface area (Å²) in [5.41, 5.74) is 0. The molecule has 0 rings (SSSR count). The highest BCUT2D eigenvalue weighted by molar-refractivity contribution is 7.75. The first kappa shape index (κ1) is 9.29. The third kappa shape index (κ3) is 4.20. The van der Waals surface area contributed by atoms with Crippen molar-refractivity contribution in [3.8, 4) is 0 Å². The van der Waals surface area contributed by atoms with E-state index in [1.807, 2.05) is 0 Å². The number of nitrogens with one attached hydrogen (secondary N) is 1. The van der Waals surface area contributed by atoms with Gasteiger partial charge in [-0.25, -0.2) is 0 Å². The van der Waals surface area contributed by atoms with Gasteiger partial charge < -0.3 is 9.50 Å². The van der Waals surface area contributed by atoms with Gasteiger partial charge in [-0.1, -0.05) is 0 Å². The van der Waals surface area contributed by atoms with Crippen molar-refractivity contribution in [2.45, 2.75) is 12.8 Å². The van der Waals surface area contributed by atoms with Gasteiger partial charge in [0, 0.05) is 26.4 Å². The second-order valence-electron chi connectivity index (χ2n) is 1.64. The minimum atomic E-state index is -0.494. The van der Waals surface area contributed by atoms with E-state index in [2.05, 4.69) is 22.4 Å². The molecule has 0 aromatic carbocycles. The van der Waals surface area contributed by atoms with Crippen LogP contribution in [-0.2, 0) is 13.8 Å². The number of thiol groups is 1. The van der Waals surface area contributed by atoms with E-state index in [0.717, 1.165) is 0 Å². The summed E-state index contributed by atoms with van der Waals surface area (Å²) in [5, 5.41) is 2.37. The SMILES string of the molecule is CNC(=O)CCC(=O)OS. The molecule has 0 aliphatic heterocycles. The lowest BCUT2D eigenvalue weighted by atomic mass is 10.3. The predicted molar refractivity (Wildman–Crippen MR) is 38.4 cm³/mol. The van der Waals surface area contributed by atoms with Crippen LogP contribution in [0.1, 0.15) is 12.8 Å². The minimum Gasteiger partial charge on any atom is -0.395 e. The Morgan fingerprint density at radius 3 is 2.50 bits per heavy atom. The van der Waals surface area contributed by atoms with E-state index in [1.54, 1.807) is 0 Å². The minimum absolute atomic E-state index is 0.0726. The van der Waals surface area contributed by atoms with Crippen molar-refractivity contribution in [1.82, 2.24) is 5.32 Å². The molecule has 58 valence electrons. The maximum atomic E-state index is 10.5. The van der Waals surface area contributed by atoms with Gasteiger partial charge in [0.1, 0.15) is 0 Å². The first-order valence-electron chi connectivity index (χ1n) is 2.75. The van der Waals surface area contributed by atoms with Crippen molar-refractivity contribution < 1.29 is 13.8 Å². The Balaban J connectivity index is 3.35. The van der Waals surface area contributed by atoms with Gasteiger partial charge in [0.15, 0.2) is 0 Å². The number of rotatable bonds is 3. The highest BCUT2D eigenvalue weighted by Gasteiger charge is 2.04. The zero-order valence-electron chi connectivity index (χ0n) is 5.59. The molecule has 0 radical (unpaired) electrons. The Labute approximate surface area is 64.5 Å². The molecule has 4 nitrogen and oxygen atoms in total. The maximum absolute atomic E-state index is 10.5. The second kappa shape index (κ2) is 5.10. The lowest BCUT2D eigenvalue weighted by molar-refractivity contribution is -0.135. The molecule has 5 heteroatoms. The largest absolute Gasteiger partial charge is 0.395 e. The molecule has 0 bridgehead atoms. The van der Waals surface area contributed by atoms with Gasteiger partial charge in [0.25, 0.3) is 0 Å². The Bertz CT molecular complexity index is 121. The molecule has 1 N–H and O–H groups in total. The maximum Gasteiger partial charge on any atom is 0.318 e. The summed E-state index contributed by atoms with van der Waals surface area (Å²) in [4.78, 5) is 20.8. The molecule has 10 heavy (non-hydrogen) atoms. The quantitative estimate of drug-likeness (QED) is 0.451. The van der Waals surface area contributed by atoms with Crippen molar-refractivity contribution >= 4 is 24.8 Å². The zero-order chi connectivity index (χ0) is 7.98. The summed E-state index contributed by atoms with van der Waals surface area (Å²) < 4.78 is 4.02. The van der Waals surface area contributed by atoms with Gasteiger partial charge in [-0.05, 0) is 0 Å². The fourth-order valence-electron chi connectivity index (χ4n) is 0.386. The van der Waals surface area contributed by atoms with Gasteiger partial charge in [0.2, 0.25) is 5.91 Å². The molecule has 1 amide bonds. The summed E-state index contributed by atoms with van der Waals surface area (Å²) in [6.45, 7) is 0. The average molecular weight is 163 g/mol. The average Bonchev–Trinajstić information content (AvgIpc) is 1.99. The van der Waals surface area contributed by atoms with E-state index in [9.17, 15) is 9.59 Å². The number of hydrogen-bond acceptors (Lipinski definition) is 4. The molecule has 0 aliphatic rings. The summed E-state index contributed by atoms with van der Waals surface area (Å²) in [6, 6.07) is 0. The fraction of sp³-hybridized carbons (Fsp3) is 0.600. The zero-order valence-corrected chi connectivity index (χ0v) is 6.48. The molecule has 0 saturated carbocycles. The number of amides is 1. The molecule has 0 saturated heterocycles. The van der Waals surface area contributed by atoms with E-state index < -0.39 is 5.97 Å². The summed E-state index contributed by atoms with van der Waals surface area (Å²) in [5.74, 6) is -0.675. The van der Waals surface area contributed by atoms with Crippen LogP contribution in [0.2, 0.25) is 0 Å². The Hall–Kier alpha value is -0.710. The summed E-state index contributed by atoms with van der Waals surface area (Å²) >= 11 is 3.27. The molecule has 0 aromatic heterocycles. The van der Waals surface area contributed by atoms with E-state index in [-0.39, 0.29) is 18.7 Å². The van der Waals surface area contributed by atoms with Gasteiger partial charge in [-0.15, -0.1) is 0 Å². The van der Waals surface area contributed by atoms with Crippen LogP contribution in [-0.4, -0.2) is 18.9 Å². The van der Waals surface area contributed by atoms with Crippen LogP contribution in [0.5, 0.6) is 0 Å². The standard InChI is InChI=1S/C5H9NO3S/c1-6-4(7)2-3-5(8)9-10/h10H,2-3H2,1H3,(H,6,7). The normalized spacial score (nSPS) is 8.60. The lowest BCUT2D eigenvalue weighted by Crippen LogP contribution is -2.18. The van der Waals surface area contributed by atoms with Crippen LogP contribution >= 0.6 is 12.9 Å². The highest BCUT2D eigenvalue weighted by atomic mass is 32.1. The Morgan fingerprint density at radius 2 is 2.10 bits per heavy atom. The van der Waals surface area contributed by atoms with E-state index in [0.29, 0.717) is 0 Å². The van der Waals surface area contributed by atoms with Crippen LogP contribution in [0, 0.1) is 0 Å². The van der Waals surface area contributed by atoms with Crippen molar-refractivity contribution in [2.24, 2.45) is 0 Å². The van der Waals surface area contributed by atoms with Gasteiger partial charge >= 0.3 is 5.97 Å². The third-order valence-corrected chi connectivity index (χ3v) is 1.14.